The minimum Gasteiger partial charge on any atom is -0.337 e. The summed E-state index contributed by atoms with van der Waals surface area (Å²) >= 11 is 1.54. The van der Waals surface area contributed by atoms with Gasteiger partial charge in [-0.25, -0.2) is 4.98 Å². The van der Waals surface area contributed by atoms with Gasteiger partial charge in [0.25, 0.3) is 5.91 Å². The molecule has 1 fully saturated rings. The van der Waals surface area contributed by atoms with Gasteiger partial charge < -0.3 is 9.80 Å². The molecule has 0 N–H and O–H groups in total. The number of fused-ring (bicyclic) bond motifs is 1. The lowest BCUT2D eigenvalue weighted by Gasteiger charge is -2.21. The van der Waals surface area contributed by atoms with Crippen LogP contribution in [-0.4, -0.2) is 53.4 Å². The van der Waals surface area contributed by atoms with Crippen molar-refractivity contribution in [3.05, 3.63) is 52.5 Å². The highest BCUT2D eigenvalue weighted by atomic mass is 32.1. The number of unbranched alkanes of at least 4 members (excludes halogenated alkanes) is 1. The fraction of sp³-hybridized carbons (Fsp3) is 0.440. The van der Waals surface area contributed by atoms with Gasteiger partial charge in [0.15, 0.2) is 0 Å². The monoisotopic (exact) mass is 421 g/mol. The van der Waals surface area contributed by atoms with Crippen LogP contribution in [0.15, 0.2) is 36.4 Å². The molecule has 1 amide bonds. The van der Waals surface area contributed by atoms with Gasteiger partial charge in [-0.15, -0.1) is 11.3 Å². The van der Waals surface area contributed by atoms with Gasteiger partial charge in [0.05, 0.1) is 5.69 Å². The summed E-state index contributed by atoms with van der Waals surface area (Å²) in [5, 5.41) is 3.38. The molecule has 1 aliphatic heterocycles. The summed E-state index contributed by atoms with van der Waals surface area (Å²) in [4.78, 5) is 23.5. The van der Waals surface area contributed by atoms with Crippen molar-refractivity contribution in [2.75, 3.05) is 32.7 Å². The van der Waals surface area contributed by atoms with E-state index in [1.165, 1.54) is 29.2 Å². The molecule has 4 rings (SSSR count). The maximum atomic E-state index is 13.3. The van der Waals surface area contributed by atoms with E-state index in [2.05, 4.69) is 55.1 Å². The summed E-state index contributed by atoms with van der Waals surface area (Å²) in [6, 6.07) is 12.7. The van der Waals surface area contributed by atoms with E-state index < -0.39 is 0 Å². The molecule has 4 nitrogen and oxygen atoms in total. The van der Waals surface area contributed by atoms with E-state index in [-0.39, 0.29) is 5.91 Å². The van der Waals surface area contributed by atoms with E-state index in [1.54, 1.807) is 11.3 Å². The van der Waals surface area contributed by atoms with Gasteiger partial charge in [0, 0.05) is 25.2 Å². The van der Waals surface area contributed by atoms with Crippen LogP contribution in [0.5, 0.6) is 0 Å². The molecule has 0 atom stereocenters. The Morgan fingerprint density at radius 2 is 1.83 bits per heavy atom. The fourth-order valence-corrected chi connectivity index (χ4v) is 5.34. The van der Waals surface area contributed by atoms with Crippen LogP contribution in [0, 0.1) is 13.8 Å². The molecule has 1 saturated heterocycles. The predicted octanol–water partition coefficient (Wildman–Crippen LogP) is 5.53. The van der Waals surface area contributed by atoms with Gasteiger partial charge in [0.2, 0.25) is 0 Å². The van der Waals surface area contributed by atoms with Crippen LogP contribution in [0.1, 0.15) is 47.1 Å². The van der Waals surface area contributed by atoms with Crippen LogP contribution in [0.4, 0.5) is 0 Å². The first kappa shape index (κ1) is 21.0. The van der Waals surface area contributed by atoms with Crippen LogP contribution in [0.2, 0.25) is 0 Å². The Hall–Kier alpha value is -2.24. The molecule has 2 heterocycles. The Balaban J connectivity index is 1.58. The van der Waals surface area contributed by atoms with Crippen molar-refractivity contribution in [3.8, 4) is 10.6 Å². The molecular weight excluding hydrogens is 390 g/mol. The summed E-state index contributed by atoms with van der Waals surface area (Å²) in [6.07, 6.45) is 3.49. The number of rotatable bonds is 5. The Morgan fingerprint density at radius 3 is 2.63 bits per heavy atom. The number of aromatic nitrogens is 1. The first-order valence-corrected chi connectivity index (χ1v) is 11.9. The van der Waals surface area contributed by atoms with Crippen molar-refractivity contribution in [1.82, 2.24) is 14.8 Å². The SMILES string of the molecule is CCCCN1CCCN(C(=O)c2sc(-c3ccc(C)c4ccccc34)nc2C)CC1. The van der Waals surface area contributed by atoms with E-state index in [1.807, 2.05) is 11.8 Å². The normalized spacial score (nSPS) is 15.5. The molecule has 0 radical (unpaired) electrons. The van der Waals surface area contributed by atoms with Crippen LogP contribution >= 0.6 is 11.3 Å². The van der Waals surface area contributed by atoms with Gasteiger partial charge in [-0.1, -0.05) is 49.7 Å². The maximum Gasteiger partial charge on any atom is 0.265 e. The highest BCUT2D eigenvalue weighted by Gasteiger charge is 2.24. The molecule has 1 aromatic heterocycles. The zero-order chi connectivity index (χ0) is 21.1. The van der Waals surface area contributed by atoms with E-state index in [0.29, 0.717) is 0 Å². The number of aryl methyl sites for hydroxylation is 2. The lowest BCUT2D eigenvalue weighted by atomic mass is 10.0. The van der Waals surface area contributed by atoms with E-state index in [0.717, 1.165) is 60.3 Å². The minimum atomic E-state index is 0.144. The standard InChI is InChI=1S/C25H31N3OS/c1-4-5-13-27-14-8-15-28(17-16-27)25(29)23-19(3)26-24(30-23)22-12-11-18(2)20-9-6-7-10-21(20)22/h6-7,9-12H,4-5,8,13-17H2,1-3H3. The van der Waals surface area contributed by atoms with Crippen molar-refractivity contribution in [3.63, 3.8) is 0 Å². The second kappa shape index (κ2) is 9.27. The number of amides is 1. The van der Waals surface area contributed by atoms with E-state index >= 15 is 0 Å². The largest absolute Gasteiger partial charge is 0.337 e. The van der Waals surface area contributed by atoms with Crippen molar-refractivity contribution in [1.29, 1.82) is 0 Å². The smallest absolute Gasteiger partial charge is 0.265 e. The van der Waals surface area contributed by atoms with Crippen LogP contribution in [0.25, 0.3) is 21.3 Å². The minimum absolute atomic E-state index is 0.144. The van der Waals surface area contributed by atoms with Gasteiger partial charge in [-0.3, -0.25) is 4.79 Å². The second-order valence-corrected chi connectivity index (χ2v) is 9.25. The van der Waals surface area contributed by atoms with Gasteiger partial charge >= 0.3 is 0 Å². The molecule has 0 saturated carbocycles. The Morgan fingerprint density at radius 1 is 1.03 bits per heavy atom. The number of nitrogens with zero attached hydrogens (tertiary/aromatic N) is 3. The van der Waals surface area contributed by atoms with Gasteiger partial charge in [-0.05, 0) is 56.1 Å². The molecule has 0 bridgehead atoms. The predicted molar refractivity (Wildman–Crippen MR) is 126 cm³/mol. The zero-order valence-electron chi connectivity index (χ0n) is 18.3. The average molecular weight is 422 g/mol. The lowest BCUT2D eigenvalue weighted by Crippen LogP contribution is -2.35. The van der Waals surface area contributed by atoms with Crippen LogP contribution in [-0.2, 0) is 0 Å². The molecule has 3 aromatic rings. The molecule has 0 aliphatic carbocycles. The maximum absolute atomic E-state index is 13.3. The van der Waals surface area contributed by atoms with Crippen LogP contribution in [0.3, 0.4) is 0 Å². The molecule has 0 spiro atoms. The van der Waals surface area contributed by atoms with Gasteiger partial charge in [0.1, 0.15) is 9.88 Å². The summed E-state index contributed by atoms with van der Waals surface area (Å²) in [5.41, 5.74) is 3.22. The third-order valence-electron chi connectivity index (χ3n) is 6.07. The topological polar surface area (TPSA) is 36.4 Å². The highest BCUT2D eigenvalue weighted by molar-refractivity contribution is 7.17. The molecule has 0 unspecified atom stereocenters. The Kier molecular flexibility index (Phi) is 6.49. The molecule has 158 valence electrons. The number of carbonyl (C=O) groups is 1. The third-order valence-corrected chi connectivity index (χ3v) is 7.25. The lowest BCUT2D eigenvalue weighted by molar-refractivity contribution is 0.0765. The Labute approximate surface area is 183 Å². The first-order chi connectivity index (χ1) is 14.6. The Bertz CT molecular complexity index is 1040. The van der Waals surface area contributed by atoms with Crippen molar-refractivity contribution in [2.24, 2.45) is 0 Å². The summed E-state index contributed by atoms with van der Waals surface area (Å²) in [6.45, 7) is 11.2. The number of benzene rings is 2. The summed E-state index contributed by atoms with van der Waals surface area (Å²) in [7, 11) is 0. The molecular formula is C25H31N3OS. The van der Waals surface area contributed by atoms with Crippen LogP contribution < -0.4 is 0 Å². The molecule has 2 aromatic carbocycles. The average Bonchev–Trinajstić information content (AvgIpc) is 2.99. The highest BCUT2D eigenvalue weighted by Crippen LogP contribution is 2.35. The zero-order valence-corrected chi connectivity index (χ0v) is 19.1. The number of carbonyl (C=O) groups excluding carboxylic acids is 1. The van der Waals surface area contributed by atoms with E-state index in [9.17, 15) is 4.79 Å². The second-order valence-electron chi connectivity index (χ2n) is 8.25. The summed E-state index contributed by atoms with van der Waals surface area (Å²) in [5.74, 6) is 0.144. The van der Waals surface area contributed by atoms with Gasteiger partial charge in [-0.2, -0.15) is 0 Å². The van der Waals surface area contributed by atoms with Crippen molar-refractivity contribution in [2.45, 2.75) is 40.0 Å². The number of thiazole rings is 1. The fourth-order valence-electron chi connectivity index (χ4n) is 4.27. The number of hydrogen-bond acceptors (Lipinski definition) is 4. The third kappa shape index (κ3) is 4.28. The quantitative estimate of drug-likeness (QED) is 0.544. The molecule has 1 aliphatic rings. The van der Waals surface area contributed by atoms with E-state index in [4.69, 9.17) is 4.98 Å². The first-order valence-electron chi connectivity index (χ1n) is 11.1. The summed E-state index contributed by atoms with van der Waals surface area (Å²) < 4.78 is 0. The number of hydrogen-bond donors (Lipinski definition) is 0. The van der Waals surface area contributed by atoms with Crippen molar-refractivity contribution >= 4 is 28.0 Å². The molecule has 30 heavy (non-hydrogen) atoms. The van der Waals surface area contributed by atoms with Crippen molar-refractivity contribution < 1.29 is 4.79 Å². The molecule has 5 heteroatoms.